The summed E-state index contributed by atoms with van der Waals surface area (Å²) in [5.74, 6) is -0.532. The number of nitrogens with zero attached hydrogens (tertiary/aromatic N) is 4. The van der Waals surface area contributed by atoms with Crippen LogP contribution >= 0.6 is 0 Å². The van der Waals surface area contributed by atoms with E-state index in [1.807, 2.05) is 12.1 Å². The van der Waals surface area contributed by atoms with Crippen LogP contribution in [0.1, 0.15) is 5.56 Å². The standard InChI is InChI=1S/C19H16FN5O/c20-15-8-13(11-21)7-14(9-15)17-10-19(26)25-12-16(1-2-18(25)23-17)24-5-3-22-4-6-24/h1-2,7-10,12,22H,3-6H2. The molecular formula is C19H16FN5O. The maximum atomic E-state index is 13.7. The van der Waals surface area contributed by atoms with E-state index in [1.165, 1.54) is 22.6 Å². The van der Waals surface area contributed by atoms with Gasteiger partial charge in [0.2, 0.25) is 0 Å². The third kappa shape index (κ3) is 3.03. The van der Waals surface area contributed by atoms with Gasteiger partial charge in [-0.05, 0) is 30.3 Å². The molecule has 1 N–H and O–H groups in total. The van der Waals surface area contributed by atoms with Gasteiger partial charge < -0.3 is 10.2 Å². The van der Waals surface area contributed by atoms with Gasteiger partial charge in [0.15, 0.2) is 0 Å². The minimum Gasteiger partial charge on any atom is -0.368 e. The molecule has 3 heterocycles. The van der Waals surface area contributed by atoms with Crippen molar-refractivity contribution in [2.45, 2.75) is 0 Å². The van der Waals surface area contributed by atoms with Crippen LogP contribution in [-0.2, 0) is 0 Å². The maximum absolute atomic E-state index is 13.7. The highest BCUT2D eigenvalue weighted by Gasteiger charge is 2.13. The lowest BCUT2D eigenvalue weighted by molar-refractivity contribution is 0.588. The molecule has 26 heavy (non-hydrogen) atoms. The van der Waals surface area contributed by atoms with Gasteiger partial charge in [0.1, 0.15) is 11.5 Å². The molecule has 0 spiro atoms. The van der Waals surface area contributed by atoms with Gasteiger partial charge in [-0.15, -0.1) is 0 Å². The minimum atomic E-state index is -0.532. The van der Waals surface area contributed by atoms with Crippen LogP contribution in [0, 0.1) is 17.1 Å². The third-order valence-electron chi connectivity index (χ3n) is 4.45. The third-order valence-corrected chi connectivity index (χ3v) is 4.45. The maximum Gasteiger partial charge on any atom is 0.258 e. The lowest BCUT2D eigenvalue weighted by Crippen LogP contribution is -2.43. The summed E-state index contributed by atoms with van der Waals surface area (Å²) >= 11 is 0. The number of fused-ring (bicyclic) bond motifs is 1. The Morgan fingerprint density at radius 2 is 1.96 bits per heavy atom. The number of halogens is 1. The van der Waals surface area contributed by atoms with E-state index in [0.717, 1.165) is 37.9 Å². The van der Waals surface area contributed by atoms with Crippen molar-refractivity contribution < 1.29 is 4.39 Å². The molecule has 0 aliphatic carbocycles. The van der Waals surface area contributed by atoms with Gasteiger partial charge in [0.05, 0.1) is 23.0 Å². The van der Waals surface area contributed by atoms with Crippen LogP contribution in [-0.4, -0.2) is 35.6 Å². The second kappa shape index (κ2) is 6.58. The van der Waals surface area contributed by atoms with Gasteiger partial charge in [0.25, 0.3) is 5.56 Å². The van der Waals surface area contributed by atoms with Crippen LogP contribution in [0.25, 0.3) is 16.9 Å². The van der Waals surface area contributed by atoms with Crippen LogP contribution in [0.4, 0.5) is 10.1 Å². The molecule has 0 radical (unpaired) electrons. The predicted molar refractivity (Wildman–Crippen MR) is 96.7 cm³/mol. The molecule has 6 nitrogen and oxygen atoms in total. The fraction of sp³-hybridized carbons (Fsp3) is 0.211. The van der Waals surface area contributed by atoms with E-state index in [-0.39, 0.29) is 11.1 Å². The van der Waals surface area contributed by atoms with Gasteiger partial charge in [0, 0.05) is 44.0 Å². The number of hydrogen-bond acceptors (Lipinski definition) is 5. The minimum absolute atomic E-state index is 0.191. The molecule has 0 bridgehead atoms. The Balaban J connectivity index is 1.79. The summed E-state index contributed by atoms with van der Waals surface area (Å²) in [4.78, 5) is 19.3. The van der Waals surface area contributed by atoms with Crippen LogP contribution in [0.5, 0.6) is 0 Å². The molecule has 2 aromatic heterocycles. The monoisotopic (exact) mass is 349 g/mol. The first-order chi connectivity index (χ1) is 12.6. The molecule has 4 rings (SSSR count). The first-order valence-corrected chi connectivity index (χ1v) is 8.34. The molecule has 1 fully saturated rings. The number of pyridine rings is 1. The van der Waals surface area contributed by atoms with Crippen molar-refractivity contribution in [2.75, 3.05) is 31.1 Å². The van der Waals surface area contributed by atoms with Crippen molar-refractivity contribution in [3.8, 4) is 17.3 Å². The molecule has 3 aromatic rings. The van der Waals surface area contributed by atoms with Crippen molar-refractivity contribution >= 4 is 11.3 Å². The normalized spacial score (nSPS) is 14.4. The highest BCUT2D eigenvalue weighted by molar-refractivity contribution is 5.64. The first kappa shape index (κ1) is 16.2. The first-order valence-electron chi connectivity index (χ1n) is 8.34. The Bertz CT molecular complexity index is 1080. The Morgan fingerprint density at radius 1 is 1.15 bits per heavy atom. The molecule has 0 atom stereocenters. The van der Waals surface area contributed by atoms with Crippen LogP contribution < -0.4 is 15.8 Å². The molecule has 1 aromatic carbocycles. The molecule has 0 amide bonds. The van der Waals surface area contributed by atoms with Gasteiger partial charge in [-0.1, -0.05) is 0 Å². The molecule has 1 aliphatic rings. The van der Waals surface area contributed by atoms with E-state index in [2.05, 4.69) is 15.2 Å². The van der Waals surface area contributed by atoms with Gasteiger partial charge in [-0.25, -0.2) is 9.37 Å². The summed E-state index contributed by atoms with van der Waals surface area (Å²) in [7, 11) is 0. The zero-order valence-electron chi connectivity index (χ0n) is 13.9. The topological polar surface area (TPSA) is 73.4 Å². The van der Waals surface area contributed by atoms with E-state index in [9.17, 15) is 9.18 Å². The number of nitriles is 1. The quantitative estimate of drug-likeness (QED) is 0.763. The van der Waals surface area contributed by atoms with Crippen molar-refractivity contribution in [1.29, 1.82) is 5.26 Å². The second-order valence-electron chi connectivity index (χ2n) is 6.17. The number of nitrogens with one attached hydrogen (secondary N) is 1. The average Bonchev–Trinajstić information content (AvgIpc) is 2.68. The summed E-state index contributed by atoms with van der Waals surface area (Å²) in [5.41, 5.74) is 2.15. The molecule has 130 valence electrons. The fourth-order valence-electron chi connectivity index (χ4n) is 3.15. The Kier molecular flexibility index (Phi) is 4.11. The summed E-state index contributed by atoms with van der Waals surface area (Å²) in [6.45, 7) is 3.58. The molecule has 0 saturated carbocycles. The van der Waals surface area contributed by atoms with E-state index < -0.39 is 5.82 Å². The zero-order valence-corrected chi connectivity index (χ0v) is 13.9. The van der Waals surface area contributed by atoms with E-state index >= 15 is 0 Å². The van der Waals surface area contributed by atoms with Crippen molar-refractivity contribution in [3.63, 3.8) is 0 Å². The highest BCUT2D eigenvalue weighted by atomic mass is 19.1. The van der Waals surface area contributed by atoms with Crippen LogP contribution in [0.3, 0.4) is 0 Å². The van der Waals surface area contributed by atoms with Gasteiger partial charge in [-0.3, -0.25) is 9.20 Å². The van der Waals surface area contributed by atoms with Crippen molar-refractivity contribution in [1.82, 2.24) is 14.7 Å². The molecular weight excluding hydrogens is 333 g/mol. The SMILES string of the molecule is N#Cc1cc(F)cc(-c2cc(=O)n3cc(N4CCNCC4)ccc3n2)c1. The molecule has 0 unspecified atom stereocenters. The Morgan fingerprint density at radius 3 is 2.73 bits per heavy atom. The number of hydrogen-bond donors (Lipinski definition) is 1. The number of anilines is 1. The lowest BCUT2D eigenvalue weighted by atomic mass is 10.1. The zero-order chi connectivity index (χ0) is 18.1. The average molecular weight is 349 g/mol. The summed E-state index contributed by atoms with van der Waals surface area (Å²) < 4.78 is 15.2. The summed E-state index contributed by atoms with van der Waals surface area (Å²) in [6, 6.07) is 10.9. The summed E-state index contributed by atoms with van der Waals surface area (Å²) in [6.07, 6.45) is 1.78. The number of aromatic nitrogens is 2. The molecule has 7 heteroatoms. The molecule has 1 aliphatic heterocycles. The number of rotatable bonds is 2. The van der Waals surface area contributed by atoms with E-state index in [4.69, 9.17) is 5.26 Å². The smallest absolute Gasteiger partial charge is 0.258 e. The Labute approximate surface area is 149 Å². The second-order valence-corrected chi connectivity index (χ2v) is 6.17. The number of benzene rings is 1. The Hall–Kier alpha value is -3.24. The van der Waals surface area contributed by atoms with Crippen LogP contribution in [0.15, 0.2) is 47.4 Å². The summed E-state index contributed by atoms with van der Waals surface area (Å²) in [5, 5.41) is 12.3. The highest BCUT2D eigenvalue weighted by Crippen LogP contribution is 2.21. The van der Waals surface area contributed by atoms with Crippen molar-refractivity contribution in [3.05, 3.63) is 64.3 Å². The van der Waals surface area contributed by atoms with Gasteiger partial charge >= 0.3 is 0 Å². The number of piperazine rings is 1. The van der Waals surface area contributed by atoms with E-state index in [1.54, 1.807) is 12.3 Å². The van der Waals surface area contributed by atoms with Gasteiger partial charge in [-0.2, -0.15) is 5.26 Å². The fourth-order valence-corrected chi connectivity index (χ4v) is 3.15. The molecule has 1 saturated heterocycles. The van der Waals surface area contributed by atoms with Crippen molar-refractivity contribution in [2.24, 2.45) is 0 Å². The predicted octanol–water partition coefficient (Wildman–Crippen LogP) is 1.78. The lowest BCUT2D eigenvalue weighted by Gasteiger charge is -2.29. The van der Waals surface area contributed by atoms with E-state index in [0.29, 0.717) is 16.9 Å². The van der Waals surface area contributed by atoms with Crippen LogP contribution in [0.2, 0.25) is 0 Å². The largest absolute Gasteiger partial charge is 0.368 e.